The molecule has 210 valence electrons. The van der Waals surface area contributed by atoms with Crippen LogP contribution in [0.5, 0.6) is 0 Å². The van der Waals surface area contributed by atoms with Gasteiger partial charge in [0.2, 0.25) is 0 Å². The van der Waals surface area contributed by atoms with Crippen LogP contribution in [-0.2, 0) is 0 Å². The number of rotatable bonds is 4. The first-order chi connectivity index (χ1) is 24.4. The van der Waals surface area contributed by atoms with Gasteiger partial charge in [0.25, 0.3) is 0 Å². The maximum absolute atomic E-state index is 8.83. The Morgan fingerprint density at radius 3 is 1.56 bits per heavy atom. The molecule has 9 rings (SSSR count). The zero-order valence-electron chi connectivity index (χ0n) is 29.2. The van der Waals surface area contributed by atoms with E-state index < -0.39 is 6.04 Å². The second-order valence-electron chi connectivity index (χ2n) is 11.2. The number of furan rings is 1. The molecular formula is C44H28O. The molecular weight excluding hydrogens is 544 g/mol. The fraction of sp³-hybridized carbons (Fsp3) is 0. The molecule has 0 spiro atoms. The third kappa shape index (κ3) is 4.02. The first-order valence-corrected chi connectivity index (χ1v) is 15.0. The summed E-state index contributed by atoms with van der Waals surface area (Å²) in [7, 11) is 0. The molecule has 0 amide bonds. The van der Waals surface area contributed by atoms with E-state index in [4.69, 9.17) is 11.3 Å². The van der Waals surface area contributed by atoms with E-state index in [9.17, 15) is 0 Å². The van der Waals surface area contributed by atoms with E-state index in [0.717, 1.165) is 76.9 Å². The van der Waals surface area contributed by atoms with Crippen LogP contribution >= 0.6 is 0 Å². The molecule has 0 aliphatic rings. The molecule has 0 bridgehead atoms. The van der Waals surface area contributed by atoms with E-state index in [0.29, 0.717) is 5.56 Å². The van der Waals surface area contributed by atoms with Crippen molar-refractivity contribution in [3.63, 3.8) is 0 Å². The minimum absolute atomic E-state index is 0.186. The van der Waals surface area contributed by atoms with Gasteiger partial charge in [-0.25, -0.2) is 0 Å². The zero-order valence-corrected chi connectivity index (χ0v) is 24.2. The number of para-hydroxylation sites is 1. The predicted molar refractivity (Wildman–Crippen MR) is 190 cm³/mol. The van der Waals surface area contributed by atoms with Gasteiger partial charge in [0.15, 0.2) is 0 Å². The van der Waals surface area contributed by atoms with Crippen molar-refractivity contribution in [2.75, 3.05) is 0 Å². The zero-order chi connectivity index (χ0) is 34.1. The molecule has 0 atom stereocenters. The minimum Gasteiger partial charge on any atom is -0.455 e. The maximum Gasteiger partial charge on any atom is 0.143 e. The van der Waals surface area contributed by atoms with Gasteiger partial charge in [-0.1, -0.05) is 158 Å². The van der Waals surface area contributed by atoms with Crippen LogP contribution in [-0.4, -0.2) is 0 Å². The van der Waals surface area contributed by atoms with Crippen molar-refractivity contribution < 1.29 is 11.3 Å². The number of hydrogen-bond acceptors (Lipinski definition) is 1. The van der Waals surface area contributed by atoms with Gasteiger partial charge in [-0.15, -0.1) is 0 Å². The van der Waals surface area contributed by atoms with E-state index in [1.807, 2.05) is 72.8 Å². The molecule has 0 saturated heterocycles. The largest absolute Gasteiger partial charge is 0.455 e. The Morgan fingerprint density at radius 2 is 0.889 bits per heavy atom. The van der Waals surface area contributed by atoms with Crippen LogP contribution in [0.15, 0.2) is 174 Å². The standard InChI is InChI=1S/C44H28O/c1-3-15-29(16-4-1)31-19-7-8-21-33(31)42-34-22-9-11-24-36(34)43(37-25-12-10-23-35(37)42)39-28-27-38-32-20-13-14-26-40(32)45-44(38)41(39)30-17-5-2-6-18-30/h1-28H/i1D,3D,4D,15D,16D. The minimum atomic E-state index is -0.405. The Hall–Kier alpha value is -5.92. The van der Waals surface area contributed by atoms with Crippen molar-refractivity contribution in [3.8, 4) is 44.5 Å². The lowest BCUT2D eigenvalue weighted by molar-refractivity contribution is 0.670. The van der Waals surface area contributed by atoms with Crippen molar-refractivity contribution in [1.29, 1.82) is 0 Å². The van der Waals surface area contributed by atoms with Gasteiger partial charge in [-0.3, -0.25) is 0 Å². The maximum atomic E-state index is 8.83. The van der Waals surface area contributed by atoms with Gasteiger partial charge in [-0.05, 0) is 72.6 Å². The SMILES string of the molecule is [2H]c1c([2H])c([2H])c(-c2ccccc2-c2c3ccccc3c(-c3ccc4c(oc5ccccc54)c3-c3ccccc3)c3ccccc23)c([2H])c1[2H]. The molecule has 1 aromatic heterocycles. The fourth-order valence-electron chi connectivity index (χ4n) is 6.90. The summed E-state index contributed by atoms with van der Waals surface area (Å²) in [5.41, 5.74) is 8.35. The number of fused-ring (bicyclic) bond motifs is 5. The molecule has 0 fully saturated rings. The van der Waals surface area contributed by atoms with E-state index >= 15 is 0 Å². The molecule has 0 unspecified atom stereocenters. The average Bonchev–Trinajstić information content (AvgIpc) is 3.54. The van der Waals surface area contributed by atoms with Crippen LogP contribution in [0.25, 0.3) is 88.0 Å². The molecule has 0 N–H and O–H groups in total. The molecule has 8 aromatic carbocycles. The number of hydrogen-bond donors (Lipinski definition) is 0. The molecule has 0 aliphatic heterocycles. The van der Waals surface area contributed by atoms with Crippen LogP contribution in [0.3, 0.4) is 0 Å². The lowest BCUT2D eigenvalue weighted by Gasteiger charge is -2.21. The van der Waals surface area contributed by atoms with E-state index in [1.165, 1.54) is 0 Å². The topological polar surface area (TPSA) is 13.1 Å². The van der Waals surface area contributed by atoms with E-state index in [2.05, 4.69) is 66.7 Å². The highest BCUT2D eigenvalue weighted by Crippen LogP contribution is 2.49. The smallest absolute Gasteiger partial charge is 0.143 e. The van der Waals surface area contributed by atoms with Crippen LogP contribution in [0.2, 0.25) is 0 Å². The molecule has 45 heavy (non-hydrogen) atoms. The predicted octanol–water partition coefficient (Wildman–Crippen LogP) is 12.6. The quantitative estimate of drug-likeness (QED) is 0.190. The summed E-state index contributed by atoms with van der Waals surface area (Å²) in [5, 5.41) is 6.17. The van der Waals surface area contributed by atoms with Crippen LogP contribution in [0.1, 0.15) is 6.85 Å². The highest BCUT2D eigenvalue weighted by molar-refractivity contribution is 6.25. The van der Waals surface area contributed by atoms with Gasteiger partial charge in [0.05, 0.1) is 6.85 Å². The molecule has 0 aliphatic carbocycles. The molecule has 1 heteroatoms. The molecule has 9 aromatic rings. The summed E-state index contributed by atoms with van der Waals surface area (Å²) in [6.07, 6.45) is 0. The van der Waals surface area contributed by atoms with Gasteiger partial charge < -0.3 is 4.42 Å². The van der Waals surface area contributed by atoms with Crippen molar-refractivity contribution in [2.24, 2.45) is 0 Å². The summed E-state index contributed by atoms with van der Waals surface area (Å²) in [6, 6.07) is 45.6. The van der Waals surface area contributed by atoms with Gasteiger partial charge in [-0.2, -0.15) is 0 Å². The van der Waals surface area contributed by atoms with Crippen molar-refractivity contribution in [1.82, 2.24) is 0 Å². The Morgan fingerprint density at radius 1 is 0.356 bits per heavy atom. The van der Waals surface area contributed by atoms with Gasteiger partial charge >= 0.3 is 0 Å². The second kappa shape index (κ2) is 10.4. The normalized spacial score (nSPS) is 13.1. The lowest BCUT2D eigenvalue weighted by Crippen LogP contribution is -1.94. The first-order valence-electron chi connectivity index (χ1n) is 17.5. The summed E-state index contributed by atoms with van der Waals surface area (Å²) >= 11 is 0. The first kappa shape index (κ1) is 20.9. The Balaban J connectivity index is 1.42. The second-order valence-corrected chi connectivity index (χ2v) is 11.2. The van der Waals surface area contributed by atoms with Crippen LogP contribution in [0, 0.1) is 0 Å². The van der Waals surface area contributed by atoms with Crippen LogP contribution < -0.4 is 0 Å². The van der Waals surface area contributed by atoms with E-state index in [1.54, 1.807) is 0 Å². The number of benzene rings is 8. The third-order valence-electron chi connectivity index (χ3n) is 8.78. The molecule has 1 heterocycles. The van der Waals surface area contributed by atoms with Crippen LogP contribution in [0.4, 0.5) is 0 Å². The van der Waals surface area contributed by atoms with Gasteiger partial charge in [0, 0.05) is 16.3 Å². The van der Waals surface area contributed by atoms with Crippen molar-refractivity contribution in [2.45, 2.75) is 0 Å². The summed E-state index contributed by atoms with van der Waals surface area (Å²) in [6.45, 7) is 0. The Bertz CT molecular complexity index is 2730. The summed E-state index contributed by atoms with van der Waals surface area (Å²) in [5.74, 6) is 0. The van der Waals surface area contributed by atoms with Gasteiger partial charge in [0.1, 0.15) is 11.2 Å². The Kier molecular flexibility index (Phi) is 4.81. The summed E-state index contributed by atoms with van der Waals surface area (Å²) < 4.78 is 49.3. The van der Waals surface area contributed by atoms with Crippen molar-refractivity contribution >= 4 is 43.5 Å². The molecule has 0 radical (unpaired) electrons. The Labute approximate surface area is 268 Å². The monoisotopic (exact) mass is 577 g/mol. The third-order valence-corrected chi connectivity index (χ3v) is 8.78. The lowest BCUT2D eigenvalue weighted by atomic mass is 9.82. The fourth-order valence-corrected chi connectivity index (χ4v) is 6.90. The van der Waals surface area contributed by atoms with Crippen molar-refractivity contribution in [3.05, 3.63) is 170 Å². The highest BCUT2D eigenvalue weighted by Gasteiger charge is 2.23. The molecule has 0 saturated carbocycles. The van der Waals surface area contributed by atoms with E-state index in [-0.39, 0.29) is 29.7 Å². The average molecular weight is 578 g/mol. The summed E-state index contributed by atoms with van der Waals surface area (Å²) in [4.78, 5) is 0. The molecule has 1 nitrogen and oxygen atoms in total. The highest BCUT2D eigenvalue weighted by atomic mass is 16.3.